The van der Waals surface area contributed by atoms with Gasteiger partial charge >= 0.3 is 0 Å². The fourth-order valence-corrected chi connectivity index (χ4v) is 9.98. The molecule has 4 aromatic rings. The third kappa shape index (κ3) is 2.83. The lowest BCUT2D eigenvalue weighted by Gasteiger charge is -2.61. The second-order valence-electron chi connectivity index (χ2n) is 13.2. The fourth-order valence-electron chi connectivity index (χ4n) is 9.98. The van der Waals surface area contributed by atoms with E-state index < -0.39 is 5.60 Å². The zero-order valence-electron chi connectivity index (χ0n) is 22.0. The summed E-state index contributed by atoms with van der Waals surface area (Å²) < 4.78 is 2.22. The number of fused-ring (bicyclic) bond motifs is 9. The molecule has 3 fully saturated rings. The Morgan fingerprint density at radius 1 is 0.865 bits per heavy atom. The van der Waals surface area contributed by atoms with Crippen LogP contribution in [0.1, 0.15) is 69.2 Å². The van der Waals surface area contributed by atoms with Crippen LogP contribution in [0.4, 0.5) is 0 Å². The van der Waals surface area contributed by atoms with E-state index in [1.165, 1.54) is 30.5 Å². The third-order valence-corrected chi connectivity index (χ3v) is 11.9. The lowest BCUT2D eigenvalue weighted by atomic mass is 9.44. The van der Waals surface area contributed by atoms with Crippen molar-refractivity contribution in [1.29, 1.82) is 0 Å². The molecule has 0 amide bonds. The van der Waals surface area contributed by atoms with Crippen LogP contribution in [0.5, 0.6) is 0 Å². The number of aromatic nitrogens is 3. The smallest absolute Gasteiger partial charge is 0.235 e. The van der Waals surface area contributed by atoms with Gasteiger partial charge in [0.2, 0.25) is 5.78 Å². The summed E-state index contributed by atoms with van der Waals surface area (Å²) in [7, 11) is 0. The molecule has 7 atom stereocenters. The summed E-state index contributed by atoms with van der Waals surface area (Å²) >= 11 is 0. The van der Waals surface area contributed by atoms with Gasteiger partial charge in [0.05, 0.1) is 16.6 Å². The van der Waals surface area contributed by atoms with E-state index in [2.05, 4.69) is 79.0 Å². The summed E-state index contributed by atoms with van der Waals surface area (Å²) in [5, 5.41) is 12.2. The molecule has 190 valence electrons. The van der Waals surface area contributed by atoms with Crippen molar-refractivity contribution in [2.75, 3.05) is 0 Å². The highest BCUT2D eigenvalue weighted by Crippen LogP contribution is 2.69. The van der Waals surface area contributed by atoms with Crippen molar-refractivity contribution in [2.24, 2.45) is 34.5 Å². The van der Waals surface area contributed by atoms with Crippen LogP contribution in [0.25, 0.3) is 16.8 Å². The number of para-hydroxylation sites is 2. The summed E-state index contributed by atoms with van der Waals surface area (Å²) in [5.74, 6) is 3.58. The van der Waals surface area contributed by atoms with Crippen molar-refractivity contribution < 1.29 is 5.11 Å². The minimum Gasteiger partial charge on any atom is -0.385 e. The molecule has 2 aromatic carbocycles. The average Bonchev–Trinajstić information content (AvgIpc) is 3.41. The first-order valence-electron chi connectivity index (χ1n) is 14.4. The van der Waals surface area contributed by atoms with Crippen molar-refractivity contribution in [3.8, 4) is 0 Å². The van der Waals surface area contributed by atoms with Crippen LogP contribution < -0.4 is 0 Å². The first-order chi connectivity index (χ1) is 17.9. The molecule has 0 bridgehead atoms. The van der Waals surface area contributed by atoms with E-state index in [4.69, 9.17) is 9.97 Å². The van der Waals surface area contributed by atoms with E-state index in [0.717, 1.165) is 60.4 Å². The number of imidazole rings is 1. The lowest BCUT2D eigenvalue weighted by Crippen LogP contribution is -2.56. The van der Waals surface area contributed by atoms with Crippen LogP contribution in [-0.2, 0) is 18.4 Å². The van der Waals surface area contributed by atoms with Gasteiger partial charge in [-0.05, 0) is 104 Å². The Bertz CT molecular complexity index is 1530. The van der Waals surface area contributed by atoms with Crippen molar-refractivity contribution in [3.63, 3.8) is 0 Å². The molecule has 8 rings (SSSR count). The van der Waals surface area contributed by atoms with Gasteiger partial charge in [-0.25, -0.2) is 9.97 Å². The molecule has 0 aliphatic heterocycles. The van der Waals surface area contributed by atoms with E-state index >= 15 is 0 Å². The van der Waals surface area contributed by atoms with Crippen LogP contribution in [0.15, 0.2) is 60.8 Å². The van der Waals surface area contributed by atoms with E-state index in [9.17, 15) is 5.11 Å². The number of rotatable bonds is 1. The maximum atomic E-state index is 12.2. The zero-order chi connectivity index (χ0) is 25.0. The van der Waals surface area contributed by atoms with Crippen LogP contribution in [0, 0.1) is 34.5 Å². The second-order valence-corrected chi connectivity index (χ2v) is 13.2. The van der Waals surface area contributed by atoms with Crippen molar-refractivity contribution in [1.82, 2.24) is 14.4 Å². The molecule has 3 saturated carbocycles. The van der Waals surface area contributed by atoms with E-state index in [1.807, 2.05) is 0 Å². The van der Waals surface area contributed by atoms with E-state index in [-0.39, 0.29) is 5.41 Å². The van der Waals surface area contributed by atoms with Gasteiger partial charge in [-0.2, -0.15) is 0 Å². The first kappa shape index (κ1) is 22.3. The minimum atomic E-state index is -0.696. The monoisotopic (exact) mass is 491 g/mol. The maximum Gasteiger partial charge on any atom is 0.235 e. The van der Waals surface area contributed by atoms with Gasteiger partial charge in [-0.1, -0.05) is 56.3 Å². The molecule has 4 aliphatic rings. The number of hydrogen-bond acceptors (Lipinski definition) is 3. The van der Waals surface area contributed by atoms with Crippen molar-refractivity contribution in [3.05, 3.63) is 77.6 Å². The summed E-state index contributed by atoms with van der Waals surface area (Å²) in [5.41, 5.74) is 5.59. The highest BCUT2D eigenvalue weighted by Gasteiger charge is 2.65. The predicted octanol–water partition coefficient (Wildman–Crippen LogP) is 6.73. The van der Waals surface area contributed by atoms with Gasteiger partial charge in [-0.3, -0.25) is 4.40 Å². The Labute approximate surface area is 219 Å². The molecule has 4 heteroatoms. The molecule has 0 radical (unpaired) electrons. The van der Waals surface area contributed by atoms with Gasteiger partial charge < -0.3 is 5.11 Å². The van der Waals surface area contributed by atoms with E-state index in [0.29, 0.717) is 23.2 Å². The molecule has 2 heterocycles. The van der Waals surface area contributed by atoms with Gasteiger partial charge in [0, 0.05) is 17.3 Å². The number of aliphatic hydroxyl groups is 1. The molecular formula is C33H37N3O. The maximum absolute atomic E-state index is 12.2. The lowest BCUT2D eigenvalue weighted by molar-refractivity contribution is -0.150. The SMILES string of the molecule is C[C@]12Cc3cn4c(nc3CC1CCC1C2CC[C@@]2(C)C1CC[C@@]2(O)c1ccccc1)nc1ccccc14. The molecule has 1 N–H and O–H groups in total. The zero-order valence-corrected chi connectivity index (χ0v) is 22.0. The van der Waals surface area contributed by atoms with Crippen molar-refractivity contribution >= 4 is 16.8 Å². The molecule has 2 aromatic heterocycles. The predicted molar refractivity (Wildman–Crippen MR) is 146 cm³/mol. The molecular weight excluding hydrogens is 454 g/mol. The second kappa shape index (κ2) is 7.44. The Hall–Kier alpha value is -2.72. The molecule has 4 unspecified atom stereocenters. The molecule has 37 heavy (non-hydrogen) atoms. The summed E-state index contributed by atoms with van der Waals surface area (Å²) in [6.45, 7) is 5.03. The van der Waals surface area contributed by atoms with Gasteiger partial charge in [0.1, 0.15) is 0 Å². The third-order valence-electron chi connectivity index (χ3n) is 11.9. The highest BCUT2D eigenvalue weighted by molar-refractivity contribution is 5.79. The minimum absolute atomic E-state index is 0.0330. The summed E-state index contributed by atoms with van der Waals surface area (Å²) in [6.07, 6.45) is 11.6. The Kier molecular flexibility index (Phi) is 4.48. The fraction of sp³-hybridized carbons (Fsp3) is 0.515. The van der Waals surface area contributed by atoms with E-state index in [1.54, 1.807) is 0 Å². The highest BCUT2D eigenvalue weighted by atomic mass is 16.3. The molecule has 4 nitrogen and oxygen atoms in total. The van der Waals surface area contributed by atoms with Crippen molar-refractivity contribution in [2.45, 2.75) is 70.8 Å². The average molecular weight is 492 g/mol. The number of hydrogen-bond donors (Lipinski definition) is 1. The topological polar surface area (TPSA) is 50.4 Å². The van der Waals surface area contributed by atoms with Gasteiger partial charge in [-0.15, -0.1) is 0 Å². The standard InChI is InChI=1S/C33H37N3O/c1-31-19-21-20-36-29-11-7-6-10-27(29)34-30(36)35-28(21)18-23(31)12-13-24-25(31)14-16-32(2)26(24)15-17-33(32,37)22-8-4-3-5-9-22/h3-11,20,23-26,37H,12-19H2,1-2H3/t23?,24?,25?,26?,31-,32-,33+/m0/s1. The van der Waals surface area contributed by atoms with Crippen LogP contribution in [0.3, 0.4) is 0 Å². The van der Waals surface area contributed by atoms with Crippen LogP contribution >= 0.6 is 0 Å². The summed E-state index contributed by atoms with van der Waals surface area (Å²) in [4.78, 5) is 9.94. The first-order valence-corrected chi connectivity index (χ1v) is 14.4. The number of benzene rings is 2. The molecule has 0 saturated heterocycles. The van der Waals surface area contributed by atoms with Crippen LogP contribution in [0.2, 0.25) is 0 Å². The Morgan fingerprint density at radius 3 is 2.51 bits per heavy atom. The molecule has 4 aliphatic carbocycles. The summed E-state index contributed by atoms with van der Waals surface area (Å²) in [6, 6.07) is 19.0. The van der Waals surface area contributed by atoms with Gasteiger partial charge in [0.25, 0.3) is 0 Å². The number of nitrogens with zero attached hydrogens (tertiary/aromatic N) is 3. The van der Waals surface area contributed by atoms with Crippen LogP contribution in [-0.4, -0.2) is 19.5 Å². The molecule has 0 spiro atoms. The normalized spacial score (nSPS) is 38.7. The Morgan fingerprint density at radius 2 is 1.65 bits per heavy atom. The van der Waals surface area contributed by atoms with Gasteiger partial charge in [0.15, 0.2) is 0 Å². The Balaban J connectivity index is 1.16. The quantitative estimate of drug-likeness (QED) is 0.321. The largest absolute Gasteiger partial charge is 0.385 e.